The van der Waals surface area contributed by atoms with Gasteiger partial charge in [-0.2, -0.15) is 0 Å². The Morgan fingerprint density at radius 2 is 1.76 bits per heavy atom. The van der Waals surface area contributed by atoms with E-state index in [9.17, 15) is 4.79 Å². The topological polar surface area (TPSA) is 55.1 Å². The third kappa shape index (κ3) is 4.40. The molecule has 0 aliphatic carbocycles. The summed E-state index contributed by atoms with van der Waals surface area (Å²) >= 11 is 6.91. The highest BCUT2D eigenvalue weighted by Crippen LogP contribution is 2.32. The lowest BCUT2D eigenvalue weighted by Crippen LogP contribution is -2.37. The molecule has 0 unspecified atom stereocenters. The van der Waals surface area contributed by atoms with Gasteiger partial charge in [0.1, 0.15) is 0 Å². The fourth-order valence-corrected chi connectivity index (χ4v) is 3.61. The summed E-state index contributed by atoms with van der Waals surface area (Å²) in [7, 11) is 0. The zero-order valence-corrected chi connectivity index (χ0v) is 14.7. The standard InChI is InChI=1S/C16H16Br2N2O/c1-10-7-12(17)15(13(18)8-10)20-16(21)14(19)9-11-5-3-2-4-6-11/h2-8,14H,9,19H2,1H3,(H,20,21)/t14-/m1/s1. The summed E-state index contributed by atoms with van der Waals surface area (Å²) in [6, 6.07) is 13.0. The Bertz CT molecular complexity index is 621. The lowest BCUT2D eigenvalue weighted by atomic mass is 10.1. The first-order valence-corrected chi connectivity index (χ1v) is 8.12. The molecule has 3 nitrogen and oxygen atoms in total. The molecule has 1 atom stereocenters. The number of hydrogen-bond donors (Lipinski definition) is 2. The van der Waals surface area contributed by atoms with Crippen LogP contribution in [0.5, 0.6) is 0 Å². The first-order chi connectivity index (χ1) is 9.97. The van der Waals surface area contributed by atoms with Gasteiger partial charge in [-0.15, -0.1) is 0 Å². The van der Waals surface area contributed by atoms with Crippen molar-refractivity contribution in [1.82, 2.24) is 0 Å². The SMILES string of the molecule is Cc1cc(Br)c(NC(=O)[C@H](N)Cc2ccccc2)c(Br)c1. The molecule has 0 fully saturated rings. The summed E-state index contributed by atoms with van der Waals surface area (Å²) in [5, 5.41) is 2.87. The molecule has 2 rings (SSSR count). The highest BCUT2D eigenvalue weighted by atomic mass is 79.9. The van der Waals surface area contributed by atoms with Crippen LogP contribution < -0.4 is 11.1 Å². The minimum atomic E-state index is -0.590. The molecule has 0 bridgehead atoms. The molecule has 1 amide bonds. The predicted molar refractivity (Wildman–Crippen MR) is 93.3 cm³/mol. The zero-order valence-electron chi connectivity index (χ0n) is 11.6. The van der Waals surface area contributed by atoms with Crippen LogP contribution in [0.15, 0.2) is 51.4 Å². The van der Waals surface area contributed by atoms with E-state index in [2.05, 4.69) is 37.2 Å². The van der Waals surface area contributed by atoms with E-state index in [1.165, 1.54) is 0 Å². The number of hydrogen-bond acceptors (Lipinski definition) is 2. The van der Waals surface area contributed by atoms with Gasteiger partial charge in [-0.25, -0.2) is 0 Å². The first-order valence-electron chi connectivity index (χ1n) is 6.53. The first kappa shape index (κ1) is 16.2. The molecule has 0 heterocycles. The van der Waals surface area contributed by atoms with Crippen molar-refractivity contribution in [3.8, 4) is 0 Å². The largest absolute Gasteiger partial charge is 0.323 e. The van der Waals surface area contributed by atoms with Crippen molar-refractivity contribution in [2.75, 3.05) is 5.32 Å². The molecule has 0 radical (unpaired) electrons. The highest BCUT2D eigenvalue weighted by Gasteiger charge is 2.17. The molecule has 0 spiro atoms. The van der Waals surface area contributed by atoms with Crippen molar-refractivity contribution in [3.63, 3.8) is 0 Å². The molecule has 2 aromatic rings. The van der Waals surface area contributed by atoms with E-state index in [0.29, 0.717) is 12.1 Å². The molecule has 0 aliphatic rings. The smallest absolute Gasteiger partial charge is 0.241 e. The third-order valence-corrected chi connectivity index (χ3v) is 4.32. The van der Waals surface area contributed by atoms with E-state index >= 15 is 0 Å². The lowest BCUT2D eigenvalue weighted by Gasteiger charge is -2.15. The van der Waals surface area contributed by atoms with Crippen LogP contribution in [0.3, 0.4) is 0 Å². The molecule has 0 saturated heterocycles. The Morgan fingerprint density at radius 1 is 1.19 bits per heavy atom. The number of nitrogens with two attached hydrogens (primary N) is 1. The maximum atomic E-state index is 12.2. The maximum Gasteiger partial charge on any atom is 0.241 e. The predicted octanol–water partition coefficient (Wildman–Crippen LogP) is 4.03. The van der Waals surface area contributed by atoms with E-state index in [1.54, 1.807) is 0 Å². The molecule has 0 aliphatic heterocycles. The van der Waals surface area contributed by atoms with E-state index in [0.717, 1.165) is 20.1 Å². The van der Waals surface area contributed by atoms with Crippen LogP contribution in [0.25, 0.3) is 0 Å². The van der Waals surface area contributed by atoms with Gasteiger partial charge in [0, 0.05) is 8.95 Å². The second-order valence-corrected chi connectivity index (χ2v) is 6.60. The van der Waals surface area contributed by atoms with Gasteiger partial charge in [0.05, 0.1) is 11.7 Å². The Hall–Kier alpha value is -1.17. The van der Waals surface area contributed by atoms with E-state index in [-0.39, 0.29) is 5.91 Å². The molecule has 110 valence electrons. The average Bonchev–Trinajstić information content (AvgIpc) is 2.43. The van der Waals surface area contributed by atoms with Gasteiger partial charge in [0.2, 0.25) is 5.91 Å². The number of aryl methyl sites for hydroxylation is 1. The summed E-state index contributed by atoms with van der Waals surface area (Å²) < 4.78 is 1.66. The van der Waals surface area contributed by atoms with Gasteiger partial charge in [0.15, 0.2) is 0 Å². The minimum Gasteiger partial charge on any atom is -0.323 e. The number of nitrogens with one attached hydrogen (secondary N) is 1. The molecule has 21 heavy (non-hydrogen) atoms. The van der Waals surface area contributed by atoms with Gasteiger partial charge in [0.25, 0.3) is 0 Å². The molecule has 5 heteroatoms. The molecular formula is C16H16Br2N2O. The second kappa shape index (κ2) is 7.20. The summed E-state index contributed by atoms with van der Waals surface area (Å²) in [4.78, 5) is 12.2. The van der Waals surface area contributed by atoms with Gasteiger partial charge >= 0.3 is 0 Å². The minimum absolute atomic E-state index is 0.205. The van der Waals surface area contributed by atoms with Gasteiger partial charge in [-0.05, 0) is 68.5 Å². The molecule has 2 aromatic carbocycles. The maximum absolute atomic E-state index is 12.2. The van der Waals surface area contributed by atoms with Crippen molar-refractivity contribution >= 4 is 43.5 Å². The quantitative estimate of drug-likeness (QED) is 0.797. The average molecular weight is 412 g/mol. The number of benzene rings is 2. The molecular weight excluding hydrogens is 396 g/mol. The van der Waals surface area contributed by atoms with Crippen LogP contribution in [0, 0.1) is 6.92 Å². The van der Waals surface area contributed by atoms with Crippen molar-refractivity contribution in [2.24, 2.45) is 5.73 Å². The third-order valence-electron chi connectivity index (χ3n) is 3.07. The Balaban J connectivity index is 2.08. The number of halogens is 2. The lowest BCUT2D eigenvalue weighted by molar-refractivity contribution is -0.117. The molecule has 0 aromatic heterocycles. The van der Waals surface area contributed by atoms with Gasteiger partial charge in [-0.1, -0.05) is 30.3 Å². The summed E-state index contributed by atoms with van der Waals surface area (Å²) in [5.74, 6) is -0.205. The number of amides is 1. The second-order valence-electron chi connectivity index (χ2n) is 4.89. The van der Waals surface area contributed by atoms with Gasteiger partial charge < -0.3 is 11.1 Å². The van der Waals surface area contributed by atoms with Crippen molar-refractivity contribution in [2.45, 2.75) is 19.4 Å². The monoisotopic (exact) mass is 410 g/mol. The van der Waals surface area contributed by atoms with Crippen LogP contribution in [-0.2, 0) is 11.2 Å². The fourth-order valence-electron chi connectivity index (χ4n) is 2.00. The highest BCUT2D eigenvalue weighted by molar-refractivity contribution is 9.11. The van der Waals surface area contributed by atoms with E-state index in [1.807, 2.05) is 49.4 Å². The number of carbonyl (C=O) groups excluding carboxylic acids is 1. The van der Waals surface area contributed by atoms with Crippen molar-refractivity contribution in [3.05, 3.63) is 62.5 Å². The molecule has 3 N–H and O–H groups in total. The fraction of sp³-hybridized carbons (Fsp3) is 0.188. The van der Waals surface area contributed by atoms with Crippen LogP contribution in [0.2, 0.25) is 0 Å². The Morgan fingerprint density at radius 3 is 2.33 bits per heavy atom. The Kier molecular flexibility index (Phi) is 5.56. The number of carbonyl (C=O) groups is 1. The molecule has 0 saturated carbocycles. The van der Waals surface area contributed by atoms with E-state index in [4.69, 9.17) is 5.73 Å². The van der Waals surface area contributed by atoms with E-state index < -0.39 is 6.04 Å². The zero-order chi connectivity index (χ0) is 15.4. The van der Waals surface area contributed by atoms with Gasteiger partial charge in [-0.3, -0.25) is 4.79 Å². The summed E-state index contributed by atoms with van der Waals surface area (Å²) in [5.41, 5.74) is 8.83. The van der Waals surface area contributed by atoms with Crippen molar-refractivity contribution < 1.29 is 4.79 Å². The van der Waals surface area contributed by atoms with Crippen LogP contribution in [-0.4, -0.2) is 11.9 Å². The summed E-state index contributed by atoms with van der Waals surface area (Å²) in [6.07, 6.45) is 0.508. The number of anilines is 1. The van der Waals surface area contributed by atoms with Crippen LogP contribution in [0.4, 0.5) is 5.69 Å². The number of rotatable bonds is 4. The summed E-state index contributed by atoms with van der Waals surface area (Å²) in [6.45, 7) is 1.99. The van der Waals surface area contributed by atoms with Crippen LogP contribution in [0.1, 0.15) is 11.1 Å². The normalized spacial score (nSPS) is 12.0. The van der Waals surface area contributed by atoms with Crippen LogP contribution >= 0.6 is 31.9 Å². The Labute approximate surface area is 141 Å². The van der Waals surface area contributed by atoms with Crippen molar-refractivity contribution in [1.29, 1.82) is 0 Å².